The van der Waals surface area contributed by atoms with E-state index in [1.54, 1.807) is 37.3 Å². The van der Waals surface area contributed by atoms with Gasteiger partial charge in [0.25, 0.3) is 0 Å². The van der Waals surface area contributed by atoms with Gasteiger partial charge in [0.15, 0.2) is 11.5 Å². The number of hydrogen-bond donors (Lipinski definition) is 1. The van der Waals surface area contributed by atoms with Crippen LogP contribution in [0, 0.1) is 11.7 Å². The van der Waals surface area contributed by atoms with Gasteiger partial charge in [0, 0.05) is 13.1 Å². The summed E-state index contributed by atoms with van der Waals surface area (Å²) in [4.78, 5) is 14.1. The minimum absolute atomic E-state index is 0.209. The summed E-state index contributed by atoms with van der Waals surface area (Å²) in [6.07, 6.45) is 1.77. The third kappa shape index (κ3) is 4.07. The van der Waals surface area contributed by atoms with Gasteiger partial charge in [-0.15, -0.1) is 0 Å². The maximum Gasteiger partial charge on any atom is 0.321 e. The highest BCUT2D eigenvalue weighted by Gasteiger charge is 2.27. The molecule has 1 heterocycles. The molecular weight excluding hydrogens is 335 g/mol. The van der Waals surface area contributed by atoms with Crippen LogP contribution in [0.2, 0.25) is 0 Å². The van der Waals surface area contributed by atoms with E-state index in [1.165, 1.54) is 6.07 Å². The first-order valence-electron chi connectivity index (χ1n) is 8.62. The molecule has 1 atom stereocenters. The lowest BCUT2D eigenvalue weighted by Crippen LogP contribution is -2.33. The smallest absolute Gasteiger partial charge is 0.321 e. The SMILES string of the molecule is COc1ccc(CC2CCN(C(=O)Nc3ccccc3F)C2)cc1OC. The Balaban J connectivity index is 1.58. The van der Waals surface area contributed by atoms with Gasteiger partial charge in [0.05, 0.1) is 19.9 Å². The second-order valence-electron chi connectivity index (χ2n) is 6.40. The summed E-state index contributed by atoms with van der Waals surface area (Å²) >= 11 is 0. The molecule has 0 radical (unpaired) electrons. The molecule has 3 rings (SSSR count). The number of nitrogens with zero attached hydrogens (tertiary/aromatic N) is 1. The normalized spacial score (nSPS) is 16.4. The zero-order valence-electron chi connectivity index (χ0n) is 15.0. The monoisotopic (exact) mass is 358 g/mol. The summed E-state index contributed by atoms with van der Waals surface area (Å²) < 4.78 is 24.3. The number of carbonyl (C=O) groups excluding carboxylic acids is 1. The number of amides is 2. The van der Waals surface area contributed by atoms with Gasteiger partial charge in [0.2, 0.25) is 0 Å². The van der Waals surface area contributed by atoms with Crippen molar-refractivity contribution in [3.05, 3.63) is 53.8 Å². The van der Waals surface area contributed by atoms with E-state index in [2.05, 4.69) is 5.32 Å². The minimum Gasteiger partial charge on any atom is -0.493 e. The van der Waals surface area contributed by atoms with Gasteiger partial charge in [0.1, 0.15) is 5.82 Å². The highest BCUT2D eigenvalue weighted by Crippen LogP contribution is 2.30. The number of methoxy groups -OCH3 is 2. The summed E-state index contributed by atoms with van der Waals surface area (Å²) in [5.41, 5.74) is 1.35. The second kappa shape index (κ2) is 8.08. The summed E-state index contributed by atoms with van der Waals surface area (Å²) in [5, 5.41) is 2.65. The summed E-state index contributed by atoms with van der Waals surface area (Å²) in [6.45, 7) is 1.31. The maximum absolute atomic E-state index is 13.7. The van der Waals surface area contributed by atoms with E-state index in [9.17, 15) is 9.18 Å². The molecule has 0 spiro atoms. The van der Waals surface area contributed by atoms with E-state index in [0.717, 1.165) is 18.4 Å². The Morgan fingerprint density at radius 2 is 1.96 bits per heavy atom. The minimum atomic E-state index is -0.429. The molecule has 2 amide bonds. The van der Waals surface area contributed by atoms with Crippen LogP contribution in [0.1, 0.15) is 12.0 Å². The Hall–Kier alpha value is -2.76. The van der Waals surface area contributed by atoms with Gasteiger partial charge < -0.3 is 19.7 Å². The first kappa shape index (κ1) is 18.0. The molecular formula is C20H23FN2O3. The molecule has 6 heteroatoms. The number of rotatable bonds is 5. The van der Waals surface area contributed by atoms with Crippen LogP contribution in [0.4, 0.5) is 14.9 Å². The molecule has 0 aliphatic carbocycles. The Kier molecular flexibility index (Phi) is 5.61. The number of anilines is 1. The summed E-state index contributed by atoms with van der Waals surface area (Å²) in [6, 6.07) is 11.8. The van der Waals surface area contributed by atoms with E-state index in [0.29, 0.717) is 30.5 Å². The number of hydrogen-bond acceptors (Lipinski definition) is 3. The zero-order valence-corrected chi connectivity index (χ0v) is 15.0. The molecule has 26 heavy (non-hydrogen) atoms. The second-order valence-corrected chi connectivity index (χ2v) is 6.40. The molecule has 5 nitrogen and oxygen atoms in total. The molecule has 1 aliphatic rings. The van der Waals surface area contributed by atoms with Gasteiger partial charge in [-0.3, -0.25) is 0 Å². The number of carbonyl (C=O) groups is 1. The van der Waals surface area contributed by atoms with Crippen LogP contribution >= 0.6 is 0 Å². The predicted octanol–water partition coefficient (Wildman–Crippen LogP) is 3.94. The quantitative estimate of drug-likeness (QED) is 0.881. The topological polar surface area (TPSA) is 50.8 Å². The van der Waals surface area contributed by atoms with E-state index < -0.39 is 5.82 Å². The van der Waals surface area contributed by atoms with Gasteiger partial charge in [-0.25, -0.2) is 9.18 Å². The number of likely N-dealkylation sites (tertiary alicyclic amines) is 1. The molecule has 1 unspecified atom stereocenters. The number of nitrogens with one attached hydrogen (secondary N) is 1. The van der Waals surface area contributed by atoms with Gasteiger partial charge in [-0.1, -0.05) is 18.2 Å². The zero-order chi connectivity index (χ0) is 18.5. The molecule has 138 valence electrons. The number of urea groups is 1. The van der Waals surface area contributed by atoms with Crippen LogP contribution < -0.4 is 14.8 Å². The van der Waals surface area contributed by atoms with Crippen molar-refractivity contribution >= 4 is 11.7 Å². The maximum atomic E-state index is 13.7. The van der Waals surface area contributed by atoms with E-state index >= 15 is 0 Å². The van der Waals surface area contributed by atoms with Crippen molar-refractivity contribution in [2.45, 2.75) is 12.8 Å². The van der Waals surface area contributed by atoms with Crippen LogP contribution in [-0.4, -0.2) is 38.2 Å². The van der Waals surface area contributed by atoms with Gasteiger partial charge >= 0.3 is 6.03 Å². The third-order valence-corrected chi connectivity index (χ3v) is 4.66. The average molecular weight is 358 g/mol. The Labute approximate surface area is 152 Å². The fraction of sp³-hybridized carbons (Fsp3) is 0.350. The molecule has 2 aromatic rings. The number of para-hydroxylation sites is 1. The molecule has 1 aliphatic heterocycles. The molecule has 0 bridgehead atoms. The fourth-order valence-electron chi connectivity index (χ4n) is 3.28. The van der Waals surface area contributed by atoms with Crippen molar-refractivity contribution in [2.75, 3.05) is 32.6 Å². The molecule has 1 fully saturated rings. The Morgan fingerprint density at radius 3 is 2.69 bits per heavy atom. The molecule has 1 saturated heterocycles. The van der Waals surface area contributed by atoms with Gasteiger partial charge in [-0.2, -0.15) is 0 Å². The largest absolute Gasteiger partial charge is 0.493 e. The van der Waals surface area contributed by atoms with Crippen molar-refractivity contribution in [2.24, 2.45) is 5.92 Å². The van der Waals surface area contributed by atoms with Crippen molar-refractivity contribution in [3.63, 3.8) is 0 Å². The van der Waals surface area contributed by atoms with Crippen molar-refractivity contribution in [1.29, 1.82) is 0 Å². The van der Waals surface area contributed by atoms with E-state index in [-0.39, 0.29) is 11.7 Å². The highest BCUT2D eigenvalue weighted by molar-refractivity contribution is 5.89. The first-order chi connectivity index (χ1) is 12.6. The van der Waals surface area contributed by atoms with Crippen molar-refractivity contribution in [1.82, 2.24) is 4.90 Å². The van der Waals surface area contributed by atoms with Crippen LogP contribution in [0.3, 0.4) is 0 Å². The standard InChI is InChI=1S/C20H23FN2O3/c1-25-18-8-7-14(12-19(18)26-2)11-15-9-10-23(13-15)20(24)22-17-6-4-3-5-16(17)21/h3-8,12,15H,9-11,13H2,1-2H3,(H,22,24). The Bertz CT molecular complexity index is 781. The lowest BCUT2D eigenvalue weighted by molar-refractivity contribution is 0.220. The molecule has 2 aromatic carbocycles. The van der Waals surface area contributed by atoms with Crippen LogP contribution in [0.15, 0.2) is 42.5 Å². The van der Waals surface area contributed by atoms with Crippen molar-refractivity contribution in [3.8, 4) is 11.5 Å². The molecule has 0 aromatic heterocycles. The van der Waals surface area contributed by atoms with Crippen molar-refractivity contribution < 1.29 is 18.7 Å². The lowest BCUT2D eigenvalue weighted by atomic mass is 9.98. The number of halogens is 1. The van der Waals surface area contributed by atoms with E-state index in [4.69, 9.17) is 9.47 Å². The molecule has 1 N–H and O–H groups in total. The Morgan fingerprint density at radius 1 is 1.19 bits per heavy atom. The fourth-order valence-corrected chi connectivity index (χ4v) is 3.28. The summed E-state index contributed by atoms with van der Waals surface area (Å²) in [7, 11) is 3.23. The average Bonchev–Trinajstić information content (AvgIpc) is 3.12. The van der Waals surface area contributed by atoms with Crippen LogP contribution in [-0.2, 0) is 6.42 Å². The van der Waals surface area contributed by atoms with Gasteiger partial charge in [-0.05, 0) is 48.6 Å². The third-order valence-electron chi connectivity index (χ3n) is 4.66. The number of ether oxygens (including phenoxy) is 2. The predicted molar refractivity (Wildman–Crippen MR) is 98.3 cm³/mol. The van der Waals surface area contributed by atoms with E-state index in [1.807, 2.05) is 18.2 Å². The van der Waals surface area contributed by atoms with Crippen LogP contribution in [0.25, 0.3) is 0 Å². The molecule has 0 saturated carbocycles. The lowest BCUT2D eigenvalue weighted by Gasteiger charge is -2.18. The van der Waals surface area contributed by atoms with Crippen LogP contribution in [0.5, 0.6) is 11.5 Å². The highest BCUT2D eigenvalue weighted by atomic mass is 19.1. The first-order valence-corrected chi connectivity index (χ1v) is 8.62. The summed E-state index contributed by atoms with van der Waals surface area (Å²) in [5.74, 6) is 1.34. The number of benzene rings is 2.